The number of methoxy groups -OCH3 is 3. The number of amides is 1. The Morgan fingerprint density at radius 1 is 1.18 bits per heavy atom. The normalized spacial score (nSPS) is 17.3. The third kappa shape index (κ3) is 2.88. The van der Waals surface area contributed by atoms with Gasteiger partial charge in [-0.25, -0.2) is 4.79 Å². The quantitative estimate of drug-likeness (QED) is 0.772. The molecule has 1 aliphatic rings. The average Bonchev–Trinajstić information content (AvgIpc) is 2.94. The molecule has 1 fully saturated rings. The highest BCUT2D eigenvalue weighted by molar-refractivity contribution is 6.02. The van der Waals surface area contributed by atoms with Crippen molar-refractivity contribution >= 4 is 23.5 Å². The van der Waals surface area contributed by atoms with Crippen molar-refractivity contribution in [3.05, 3.63) is 23.8 Å². The van der Waals surface area contributed by atoms with Crippen LogP contribution in [0, 0.1) is 5.92 Å². The van der Waals surface area contributed by atoms with Crippen LogP contribution in [-0.4, -0.2) is 45.7 Å². The average molecular weight is 307 g/mol. The van der Waals surface area contributed by atoms with Gasteiger partial charge in [0.1, 0.15) is 5.75 Å². The van der Waals surface area contributed by atoms with E-state index in [1.807, 2.05) is 0 Å². The van der Waals surface area contributed by atoms with Gasteiger partial charge in [-0.15, -0.1) is 0 Å². The Hall–Kier alpha value is -2.57. The summed E-state index contributed by atoms with van der Waals surface area (Å²) in [6, 6.07) is 4.65. The van der Waals surface area contributed by atoms with Crippen molar-refractivity contribution in [2.75, 3.05) is 32.8 Å². The van der Waals surface area contributed by atoms with E-state index in [4.69, 9.17) is 4.74 Å². The molecule has 1 unspecified atom stereocenters. The first-order chi connectivity index (χ1) is 10.5. The first-order valence-corrected chi connectivity index (χ1v) is 6.66. The van der Waals surface area contributed by atoms with Gasteiger partial charge in [0.05, 0.1) is 38.5 Å². The number of anilines is 1. The number of ether oxygens (including phenoxy) is 3. The molecule has 2 rings (SSSR count). The van der Waals surface area contributed by atoms with Gasteiger partial charge in [0.15, 0.2) is 0 Å². The summed E-state index contributed by atoms with van der Waals surface area (Å²) in [4.78, 5) is 36.8. The van der Waals surface area contributed by atoms with Crippen molar-refractivity contribution in [1.29, 1.82) is 0 Å². The highest BCUT2D eigenvalue weighted by atomic mass is 16.5. The summed E-state index contributed by atoms with van der Waals surface area (Å²) in [5.74, 6) is -1.26. The molecule has 1 amide bonds. The first-order valence-electron chi connectivity index (χ1n) is 6.66. The maximum atomic E-state index is 12.2. The zero-order valence-electron chi connectivity index (χ0n) is 12.6. The largest absolute Gasteiger partial charge is 0.495 e. The van der Waals surface area contributed by atoms with Crippen molar-refractivity contribution in [2.45, 2.75) is 6.42 Å². The molecule has 7 nitrogen and oxygen atoms in total. The second-order valence-electron chi connectivity index (χ2n) is 4.81. The molecule has 0 N–H and O–H groups in total. The predicted octanol–water partition coefficient (Wildman–Crippen LogP) is 1.01. The van der Waals surface area contributed by atoms with E-state index in [0.29, 0.717) is 17.0 Å². The Kier molecular flexibility index (Phi) is 4.65. The molecule has 1 aromatic carbocycles. The fourth-order valence-corrected chi connectivity index (χ4v) is 2.41. The van der Waals surface area contributed by atoms with Gasteiger partial charge in [0, 0.05) is 13.0 Å². The van der Waals surface area contributed by atoms with Gasteiger partial charge < -0.3 is 19.1 Å². The highest BCUT2D eigenvalue weighted by Crippen LogP contribution is 2.34. The Bertz CT molecular complexity index is 612. The molecular weight excluding hydrogens is 290 g/mol. The number of nitrogens with zero attached hydrogens (tertiary/aromatic N) is 1. The molecule has 118 valence electrons. The number of carbonyl (C=O) groups is 3. The number of hydrogen-bond donors (Lipinski definition) is 0. The molecule has 0 aliphatic carbocycles. The van der Waals surface area contributed by atoms with E-state index in [0.717, 1.165) is 0 Å². The van der Waals surface area contributed by atoms with E-state index in [9.17, 15) is 14.4 Å². The summed E-state index contributed by atoms with van der Waals surface area (Å²) in [5.41, 5.74) is 0.731. The molecule has 1 heterocycles. The highest BCUT2D eigenvalue weighted by Gasteiger charge is 2.37. The Balaban J connectivity index is 2.36. The molecule has 7 heteroatoms. The maximum absolute atomic E-state index is 12.2. The van der Waals surface area contributed by atoms with Gasteiger partial charge in [-0.3, -0.25) is 9.59 Å². The second kappa shape index (κ2) is 6.46. The van der Waals surface area contributed by atoms with Crippen LogP contribution < -0.4 is 9.64 Å². The molecule has 22 heavy (non-hydrogen) atoms. The van der Waals surface area contributed by atoms with Crippen LogP contribution in [0.4, 0.5) is 5.69 Å². The van der Waals surface area contributed by atoms with Crippen LogP contribution in [0.15, 0.2) is 18.2 Å². The smallest absolute Gasteiger partial charge is 0.337 e. The Morgan fingerprint density at radius 3 is 2.50 bits per heavy atom. The number of rotatable bonds is 4. The number of carbonyl (C=O) groups excluding carboxylic acids is 3. The second-order valence-corrected chi connectivity index (χ2v) is 4.81. The van der Waals surface area contributed by atoms with Crippen LogP contribution in [0.1, 0.15) is 16.8 Å². The molecule has 0 radical (unpaired) electrons. The standard InChI is InChI=1S/C15H17NO6/c1-20-12-5-4-9(14(18)21-2)6-11(12)16-8-10(7-13(16)17)15(19)22-3/h4-6,10H,7-8H2,1-3H3. The fourth-order valence-electron chi connectivity index (χ4n) is 2.41. The lowest BCUT2D eigenvalue weighted by Gasteiger charge is -2.20. The molecule has 1 aliphatic heterocycles. The summed E-state index contributed by atoms with van der Waals surface area (Å²) >= 11 is 0. The summed E-state index contributed by atoms with van der Waals surface area (Å²) in [5, 5.41) is 0. The number of benzene rings is 1. The topological polar surface area (TPSA) is 82.1 Å². The van der Waals surface area contributed by atoms with Crippen molar-refractivity contribution in [1.82, 2.24) is 0 Å². The van der Waals surface area contributed by atoms with Crippen molar-refractivity contribution in [3.63, 3.8) is 0 Å². The van der Waals surface area contributed by atoms with Gasteiger partial charge in [0.25, 0.3) is 0 Å². The van der Waals surface area contributed by atoms with Crippen LogP contribution in [0.2, 0.25) is 0 Å². The third-order valence-electron chi connectivity index (χ3n) is 3.55. The zero-order valence-corrected chi connectivity index (χ0v) is 12.6. The molecule has 0 aromatic heterocycles. The van der Waals surface area contributed by atoms with E-state index in [2.05, 4.69) is 9.47 Å². The summed E-state index contributed by atoms with van der Waals surface area (Å²) < 4.78 is 14.6. The summed E-state index contributed by atoms with van der Waals surface area (Å²) in [6.07, 6.45) is 0.0677. The van der Waals surface area contributed by atoms with E-state index in [1.54, 1.807) is 12.1 Å². The lowest BCUT2D eigenvalue weighted by Crippen LogP contribution is -2.27. The van der Waals surface area contributed by atoms with Crippen LogP contribution in [-0.2, 0) is 19.1 Å². The first kappa shape index (κ1) is 15.8. The van der Waals surface area contributed by atoms with Gasteiger partial charge in [-0.2, -0.15) is 0 Å². The van der Waals surface area contributed by atoms with Crippen molar-refractivity contribution in [3.8, 4) is 5.75 Å². The van der Waals surface area contributed by atoms with Gasteiger partial charge in [-0.05, 0) is 18.2 Å². The number of esters is 2. The van der Waals surface area contributed by atoms with Crippen LogP contribution in [0.3, 0.4) is 0 Å². The zero-order chi connectivity index (χ0) is 16.3. The summed E-state index contributed by atoms with van der Waals surface area (Å²) in [6.45, 7) is 0.187. The van der Waals surface area contributed by atoms with E-state index >= 15 is 0 Å². The predicted molar refractivity (Wildman–Crippen MR) is 76.8 cm³/mol. The van der Waals surface area contributed by atoms with Gasteiger partial charge in [-0.1, -0.05) is 0 Å². The SMILES string of the molecule is COC(=O)c1ccc(OC)c(N2CC(C(=O)OC)CC2=O)c1. The maximum Gasteiger partial charge on any atom is 0.337 e. The van der Waals surface area contributed by atoms with Gasteiger partial charge >= 0.3 is 11.9 Å². The molecule has 0 bridgehead atoms. The lowest BCUT2D eigenvalue weighted by atomic mass is 10.1. The van der Waals surface area contributed by atoms with Crippen LogP contribution in [0.5, 0.6) is 5.75 Å². The molecular formula is C15H17NO6. The monoisotopic (exact) mass is 307 g/mol. The molecule has 0 saturated carbocycles. The molecule has 1 aromatic rings. The van der Waals surface area contributed by atoms with E-state index in [1.165, 1.54) is 32.3 Å². The third-order valence-corrected chi connectivity index (χ3v) is 3.55. The van der Waals surface area contributed by atoms with Crippen molar-refractivity contribution in [2.24, 2.45) is 5.92 Å². The van der Waals surface area contributed by atoms with Crippen molar-refractivity contribution < 1.29 is 28.6 Å². The molecule has 0 spiro atoms. The minimum absolute atomic E-state index is 0.0677. The fraction of sp³-hybridized carbons (Fsp3) is 0.400. The minimum Gasteiger partial charge on any atom is -0.495 e. The number of hydrogen-bond acceptors (Lipinski definition) is 6. The lowest BCUT2D eigenvalue weighted by molar-refractivity contribution is -0.145. The van der Waals surface area contributed by atoms with E-state index < -0.39 is 17.9 Å². The Morgan fingerprint density at radius 2 is 1.91 bits per heavy atom. The Labute approximate surface area is 127 Å². The molecule has 1 atom stereocenters. The van der Waals surface area contributed by atoms with Crippen LogP contribution in [0.25, 0.3) is 0 Å². The summed E-state index contributed by atoms with van der Waals surface area (Å²) in [7, 11) is 4.03. The molecule has 1 saturated heterocycles. The minimum atomic E-state index is -0.524. The van der Waals surface area contributed by atoms with Gasteiger partial charge in [0.2, 0.25) is 5.91 Å². The van der Waals surface area contributed by atoms with E-state index in [-0.39, 0.29) is 18.9 Å². The van der Waals surface area contributed by atoms with Crippen LogP contribution >= 0.6 is 0 Å².